The molecule has 1 aromatic carbocycles. The van der Waals surface area contributed by atoms with Crippen molar-refractivity contribution in [1.29, 1.82) is 0 Å². The summed E-state index contributed by atoms with van der Waals surface area (Å²) < 4.78 is 4.61. The summed E-state index contributed by atoms with van der Waals surface area (Å²) in [5.74, 6) is -0.223. The maximum atomic E-state index is 11.1. The summed E-state index contributed by atoms with van der Waals surface area (Å²) in [5, 5.41) is 1.93. The highest BCUT2D eigenvalue weighted by Crippen LogP contribution is 2.11. The third-order valence-corrected chi connectivity index (χ3v) is 2.85. The van der Waals surface area contributed by atoms with Crippen LogP contribution in [0.4, 0.5) is 0 Å². The minimum absolute atomic E-state index is 0.223. The second-order valence-corrected chi connectivity index (χ2v) is 3.88. The van der Waals surface area contributed by atoms with Crippen molar-refractivity contribution >= 4 is 28.7 Å². The fourth-order valence-corrected chi connectivity index (χ4v) is 2.00. The van der Waals surface area contributed by atoms with Gasteiger partial charge in [0.15, 0.2) is 0 Å². The maximum absolute atomic E-state index is 11.1. The highest BCUT2D eigenvalue weighted by Gasteiger charge is 2.13. The number of hydrogen-bond donors (Lipinski definition) is 0. The van der Waals surface area contributed by atoms with Gasteiger partial charge in [-0.1, -0.05) is 30.4 Å². The van der Waals surface area contributed by atoms with Crippen LogP contribution in [0.25, 0.3) is 5.57 Å². The van der Waals surface area contributed by atoms with E-state index in [1.165, 1.54) is 7.11 Å². The number of thiocarbonyl (C=S) groups is 1. The Bertz CT molecular complexity index is 563. The molecule has 0 saturated carbocycles. The minimum atomic E-state index is -0.223. The Labute approximate surface area is 98.5 Å². The van der Waals surface area contributed by atoms with Crippen LogP contribution in [-0.2, 0) is 9.53 Å². The van der Waals surface area contributed by atoms with Gasteiger partial charge in [0.25, 0.3) is 0 Å². The molecule has 0 spiro atoms. The zero-order valence-corrected chi connectivity index (χ0v) is 9.71. The molecule has 0 amide bonds. The van der Waals surface area contributed by atoms with E-state index in [1.54, 1.807) is 0 Å². The normalized spacial score (nSPS) is 13.3. The summed E-state index contributed by atoms with van der Waals surface area (Å²) in [6, 6.07) is 7.77. The molecular formula is C12H11NO2S. The van der Waals surface area contributed by atoms with Gasteiger partial charge in [0, 0.05) is 11.6 Å². The molecule has 1 aliphatic heterocycles. The molecule has 0 atom stereocenters. The number of methoxy groups -OCH3 is 1. The van der Waals surface area contributed by atoms with Crippen molar-refractivity contribution in [1.82, 2.24) is 0 Å². The van der Waals surface area contributed by atoms with Crippen molar-refractivity contribution in [2.75, 3.05) is 7.11 Å². The molecule has 16 heavy (non-hydrogen) atoms. The first-order valence-electron chi connectivity index (χ1n) is 5.00. The Kier molecular flexibility index (Phi) is 3.10. The number of hydrogen-bond acceptors (Lipinski definition) is 3. The first kappa shape index (κ1) is 11.0. The molecule has 0 fully saturated rings. The predicted octanol–water partition coefficient (Wildman–Crippen LogP) is 0.751. The van der Waals surface area contributed by atoms with Gasteiger partial charge in [-0.15, -0.1) is 0 Å². The Hall–Kier alpha value is -1.55. The van der Waals surface area contributed by atoms with Crippen molar-refractivity contribution in [3.63, 3.8) is 0 Å². The molecular weight excluding hydrogens is 222 g/mol. The lowest BCUT2D eigenvalue weighted by Crippen LogP contribution is -2.22. The van der Waals surface area contributed by atoms with Crippen LogP contribution >= 0.6 is 12.2 Å². The van der Waals surface area contributed by atoms with Crippen LogP contribution in [0.3, 0.4) is 0 Å². The molecule has 0 unspecified atom stereocenters. The fraction of sp³-hybridized carbons (Fsp3) is 0.250. The van der Waals surface area contributed by atoms with Crippen molar-refractivity contribution < 1.29 is 9.53 Å². The second kappa shape index (κ2) is 4.53. The number of esters is 1. The molecule has 82 valence electrons. The molecule has 2 rings (SSSR count). The number of para-hydroxylation sites is 1. The highest BCUT2D eigenvalue weighted by molar-refractivity contribution is 7.81. The SMILES string of the molecule is COC(=O)CCC1=c2ccccc2=NC1=S. The molecule has 0 bridgehead atoms. The van der Waals surface area contributed by atoms with Crippen LogP contribution in [0.2, 0.25) is 0 Å². The van der Waals surface area contributed by atoms with E-state index in [1.807, 2.05) is 24.3 Å². The fourth-order valence-electron chi connectivity index (χ4n) is 1.69. The van der Waals surface area contributed by atoms with Crippen molar-refractivity contribution in [2.24, 2.45) is 4.99 Å². The van der Waals surface area contributed by atoms with E-state index in [2.05, 4.69) is 9.73 Å². The number of carbonyl (C=O) groups excluding carboxylic acids is 1. The van der Waals surface area contributed by atoms with Gasteiger partial charge in [-0.05, 0) is 18.1 Å². The van der Waals surface area contributed by atoms with E-state index < -0.39 is 0 Å². The zero-order chi connectivity index (χ0) is 11.5. The van der Waals surface area contributed by atoms with Crippen LogP contribution in [0.15, 0.2) is 29.3 Å². The average Bonchev–Trinajstić information content (AvgIpc) is 2.62. The quantitative estimate of drug-likeness (QED) is 0.571. The van der Waals surface area contributed by atoms with Crippen LogP contribution in [0.1, 0.15) is 12.8 Å². The van der Waals surface area contributed by atoms with Crippen LogP contribution in [-0.4, -0.2) is 18.1 Å². The Morgan fingerprint density at radius 3 is 2.94 bits per heavy atom. The molecule has 3 nitrogen and oxygen atoms in total. The third-order valence-electron chi connectivity index (χ3n) is 2.52. The van der Waals surface area contributed by atoms with E-state index >= 15 is 0 Å². The molecule has 1 aromatic rings. The second-order valence-electron chi connectivity index (χ2n) is 3.49. The van der Waals surface area contributed by atoms with Gasteiger partial charge < -0.3 is 4.74 Å². The van der Waals surface area contributed by atoms with Crippen LogP contribution < -0.4 is 10.6 Å². The minimum Gasteiger partial charge on any atom is -0.469 e. The average molecular weight is 233 g/mol. The standard InChI is InChI=1S/C12H11NO2S/c1-15-11(14)7-6-9-8-4-2-3-5-10(8)13-12(9)16/h2-5H,6-7H2,1H3. The molecule has 0 saturated heterocycles. The number of carbonyl (C=O) groups is 1. The number of rotatable bonds is 3. The third kappa shape index (κ3) is 2.02. The molecule has 0 aromatic heterocycles. The largest absolute Gasteiger partial charge is 0.469 e. The lowest BCUT2D eigenvalue weighted by atomic mass is 10.1. The van der Waals surface area contributed by atoms with Crippen molar-refractivity contribution in [3.05, 3.63) is 34.8 Å². The van der Waals surface area contributed by atoms with Gasteiger partial charge in [0.05, 0.1) is 12.5 Å². The summed E-state index contributed by atoms with van der Waals surface area (Å²) in [6.07, 6.45) is 0.932. The summed E-state index contributed by atoms with van der Waals surface area (Å²) in [6.45, 7) is 0. The van der Waals surface area contributed by atoms with Gasteiger partial charge >= 0.3 is 5.97 Å². The number of ether oxygens (including phenoxy) is 1. The summed E-state index contributed by atoms with van der Waals surface area (Å²) >= 11 is 5.18. The molecule has 0 N–H and O–H groups in total. The first-order valence-corrected chi connectivity index (χ1v) is 5.41. The number of fused-ring (bicyclic) bond motifs is 1. The molecule has 1 heterocycles. The monoisotopic (exact) mass is 233 g/mol. The van der Waals surface area contributed by atoms with Gasteiger partial charge in [-0.2, -0.15) is 0 Å². The molecule has 4 heteroatoms. The molecule has 0 radical (unpaired) electrons. The smallest absolute Gasteiger partial charge is 0.305 e. The Balaban J connectivity index is 2.32. The van der Waals surface area contributed by atoms with E-state index in [9.17, 15) is 4.79 Å². The molecule has 0 aliphatic carbocycles. The van der Waals surface area contributed by atoms with Gasteiger partial charge in [0.2, 0.25) is 0 Å². The summed E-state index contributed by atoms with van der Waals surface area (Å²) in [4.78, 5) is 15.9. The first-order chi connectivity index (χ1) is 7.72. The summed E-state index contributed by atoms with van der Waals surface area (Å²) in [5.41, 5.74) is 0.969. The van der Waals surface area contributed by atoms with E-state index in [4.69, 9.17) is 12.2 Å². The zero-order valence-electron chi connectivity index (χ0n) is 8.90. The van der Waals surface area contributed by atoms with Gasteiger partial charge in [0.1, 0.15) is 4.99 Å². The number of nitrogens with zero attached hydrogens (tertiary/aromatic N) is 1. The van der Waals surface area contributed by atoms with E-state index in [-0.39, 0.29) is 5.97 Å². The topological polar surface area (TPSA) is 38.7 Å². The predicted molar refractivity (Wildman–Crippen MR) is 64.5 cm³/mol. The summed E-state index contributed by atoms with van der Waals surface area (Å²) in [7, 11) is 1.39. The maximum Gasteiger partial charge on any atom is 0.305 e. The van der Waals surface area contributed by atoms with Crippen molar-refractivity contribution in [3.8, 4) is 0 Å². The Morgan fingerprint density at radius 1 is 1.44 bits per heavy atom. The van der Waals surface area contributed by atoms with Gasteiger partial charge in [-0.25, -0.2) is 4.99 Å². The van der Waals surface area contributed by atoms with E-state index in [0.29, 0.717) is 17.8 Å². The van der Waals surface area contributed by atoms with Crippen LogP contribution in [0.5, 0.6) is 0 Å². The highest BCUT2D eigenvalue weighted by atomic mass is 32.1. The number of benzene rings is 1. The van der Waals surface area contributed by atoms with Gasteiger partial charge in [-0.3, -0.25) is 4.79 Å². The lowest BCUT2D eigenvalue weighted by molar-refractivity contribution is -0.140. The Morgan fingerprint density at radius 2 is 2.19 bits per heavy atom. The molecule has 1 aliphatic rings. The lowest BCUT2D eigenvalue weighted by Gasteiger charge is -2.00. The van der Waals surface area contributed by atoms with Crippen molar-refractivity contribution in [2.45, 2.75) is 12.8 Å². The van der Waals surface area contributed by atoms with Crippen LogP contribution in [0, 0.1) is 0 Å². The van der Waals surface area contributed by atoms with E-state index in [0.717, 1.165) is 16.1 Å².